The minimum atomic E-state index is 0.637. The highest BCUT2D eigenvalue weighted by atomic mass is 15.6. The Hall–Kier alpha value is -1.13. The third-order valence-corrected chi connectivity index (χ3v) is 0.987. The average Bonchev–Trinajstić information content (AvgIpc) is 2.10. The molecular weight excluding hydrogens is 118 g/mol. The molecule has 0 aliphatic heterocycles. The monoisotopic (exact) mass is 127 g/mol. The Bertz CT molecular complexity index is 254. The van der Waals surface area contributed by atoms with Crippen LogP contribution in [-0.2, 0) is 14.1 Å². The lowest BCUT2D eigenvalue weighted by atomic mass is 11.1. The number of rotatable bonds is 0. The van der Waals surface area contributed by atoms with Crippen molar-refractivity contribution in [3.05, 3.63) is 5.62 Å². The first-order valence-electron chi connectivity index (χ1n) is 2.61. The van der Waals surface area contributed by atoms with E-state index in [4.69, 9.17) is 0 Å². The minimum absolute atomic E-state index is 0.637. The van der Waals surface area contributed by atoms with Crippen molar-refractivity contribution >= 4 is 0 Å². The number of aryl methyl sites for hydroxylation is 2. The molecule has 5 nitrogen and oxygen atoms in total. The molecule has 0 saturated carbocycles. The first-order chi connectivity index (χ1) is 4.24. The van der Waals surface area contributed by atoms with Gasteiger partial charge in [-0.05, 0) is 12.3 Å². The van der Waals surface area contributed by atoms with Crippen molar-refractivity contribution in [1.29, 1.82) is 0 Å². The first kappa shape index (κ1) is 6.00. The van der Waals surface area contributed by atoms with Crippen LogP contribution in [0.1, 0.15) is 0 Å². The molecule has 0 radical (unpaired) electrons. The second kappa shape index (κ2) is 2.00. The summed E-state index contributed by atoms with van der Waals surface area (Å²) in [5.74, 6) is 0. The van der Waals surface area contributed by atoms with Gasteiger partial charge in [0.05, 0.1) is 7.05 Å². The van der Waals surface area contributed by atoms with E-state index in [0.717, 1.165) is 0 Å². The van der Waals surface area contributed by atoms with Crippen LogP contribution < -0.4 is 15.5 Å². The predicted molar refractivity (Wildman–Crippen MR) is 29.2 cm³/mol. The molecule has 1 aromatic heterocycles. The molecule has 50 valence electrons. The predicted octanol–water partition coefficient (Wildman–Crippen LogP) is -2.27. The van der Waals surface area contributed by atoms with Gasteiger partial charge in [-0.3, -0.25) is 0 Å². The molecule has 0 atom stereocenters. The normalized spacial score (nSPS) is 12.6. The van der Waals surface area contributed by atoms with E-state index in [0.29, 0.717) is 5.62 Å². The van der Waals surface area contributed by atoms with E-state index in [9.17, 15) is 0 Å². The van der Waals surface area contributed by atoms with Gasteiger partial charge in [0.15, 0.2) is 0 Å². The van der Waals surface area contributed by atoms with Crippen molar-refractivity contribution in [2.24, 2.45) is 19.1 Å². The molecule has 0 amide bonds. The molecule has 1 aromatic rings. The minimum Gasteiger partial charge on any atom is -0.327 e. The van der Waals surface area contributed by atoms with E-state index in [1.807, 2.05) is 0 Å². The summed E-state index contributed by atoms with van der Waals surface area (Å²) in [7, 11) is 5.24. The molecule has 0 spiro atoms. The third-order valence-electron chi connectivity index (χ3n) is 0.987. The summed E-state index contributed by atoms with van der Waals surface area (Å²) in [6.45, 7) is 0. The zero-order valence-corrected chi connectivity index (χ0v) is 5.74. The molecule has 0 aromatic carbocycles. The van der Waals surface area contributed by atoms with E-state index < -0.39 is 0 Å². The van der Waals surface area contributed by atoms with Crippen LogP contribution >= 0.6 is 0 Å². The van der Waals surface area contributed by atoms with Crippen LogP contribution in [0.3, 0.4) is 0 Å². The second-order valence-corrected chi connectivity index (χ2v) is 1.73. The van der Waals surface area contributed by atoms with Gasteiger partial charge in [0.1, 0.15) is 7.05 Å². The molecule has 0 unspecified atom stereocenters. The van der Waals surface area contributed by atoms with Crippen LogP contribution in [0.15, 0.2) is 4.99 Å². The fourth-order valence-corrected chi connectivity index (χ4v) is 0.638. The molecule has 0 fully saturated rings. The summed E-state index contributed by atoms with van der Waals surface area (Å²) in [5.41, 5.74) is 0.637. The van der Waals surface area contributed by atoms with Gasteiger partial charge in [-0.25, -0.2) is 0 Å². The lowest BCUT2D eigenvalue weighted by Gasteiger charge is -1.76. The van der Waals surface area contributed by atoms with Gasteiger partial charge < -0.3 is 4.99 Å². The van der Waals surface area contributed by atoms with Crippen molar-refractivity contribution in [1.82, 2.24) is 15.0 Å². The van der Waals surface area contributed by atoms with E-state index in [-0.39, 0.29) is 0 Å². The SMILES string of the molecule is CN=c1[n-][n+](C)nn1C. The smallest absolute Gasteiger partial charge is 0.255 e. The Labute approximate surface area is 52.6 Å². The Balaban J connectivity index is 3.33. The highest BCUT2D eigenvalue weighted by Gasteiger charge is 1.91. The van der Waals surface area contributed by atoms with E-state index in [2.05, 4.69) is 15.3 Å². The van der Waals surface area contributed by atoms with Crippen molar-refractivity contribution in [2.75, 3.05) is 7.05 Å². The standard InChI is InChI=1S/C4H9N5/c1-5-4-6-9(3)7-8(4)2/h1-3H3. The summed E-state index contributed by atoms with van der Waals surface area (Å²) in [6.07, 6.45) is 0. The average molecular weight is 127 g/mol. The highest BCUT2D eigenvalue weighted by Crippen LogP contribution is 1.49. The topological polar surface area (TPSA) is 48.2 Å². The fraction of sp³-hybridized carbons (Fsp3) is 0.750. The quantitative estimate of drug-likeness (QED) is 0.369. The third kappa shape index (κ3) is 0.984. The largest absolute Gasteiger partial charge is 0.327 e. The lowest BCUT2D eigenvalue weighted by molar-refractivity contribution is -0.790. The van der Waals surface area contributed by atoms with Gasteiger partial charge >= 0.3 is 0 Å². The van der Waals surface area contributed by atoms with Gasteiger partial charge in [-0.15, -0.1) is 9.90 Å². The summed E-state index contributed by atoms with van der Waals surface area (Å²) in [6, 6.07) is 0. The molecule has 1 rings (SSSR count). The summed E-state index contributed by atoms with van der Waals surface area (Å²) in [5, 5.41) is 7.84. The van der Waals surface area contributed by atoms with Gasteiger partial charge in [0, 0.05) is 0 Å². The van der Waals surface area contributed by atoms with Crippen LogP contribution in [0.5, 0.6) is 0 Å². The molecule has 1 heterocycles. The molecule has 5 heteroatoms. The zero-order valence-electron chi connectivity index (χ0n) is 5.74. The number of hydrogen-bond donors (Lipinski definition) is 0. The number of hydrogen-bond acceptors (Lipinski definition) is 2. The number of nitrogens with zero attached hydrogens (tertiary/aromatic N) is 5. The Morgan fingerprint density at radius 1 is 1.78 bits per heavy atom. The van der Waals surface area contributed by atoms with Gasteiger partial charge in [0.2, 0.25) is 0 Å². The molecular formula is C4H9N5. The molecule has 0 N–H and O–H groups in total. The van der Waals surface area contributed by atoms with E-state index in [1.54, 1.807) is 25.8 Å². The highest BCUT2D eigenvalue weighted by molar-refractivity contribution is 4.38. The fourth-order valence-electron chi connectivity index (χ4n) is 0.638. The second-order valence-electron chi connectivity index (χ2n) is 1.73. The van der Waals surface area contributed by atoms with Crippen molar-refractivity contribution in [2.45, 2.75) is 0 Å². The maximum atomic E-state index is 3.93. The van der Waals surface area contributed by atoms with Crippen LogP contribution in [0.2, 0.25) is 0 Å². The van der Waals surface area contributed by atoms with Crippen LogP contribution in [0.4, 0.5) is 0 Å². The van der Waals surface area contributed by atoms with Gasteiger partial charge in [-0.2, -0.15) is 4.68 Å². The maximum absolute atomic E-state index is 3.93. The molecule has 9 heavy (non-hydrogen) atoms. The molecule has 0 saturated heterocycles. The molecule has 0 bridgehead atoms. The molecule has 0 aliphatic rings. The van der Waals surface area contributed by atoms with Crippen LogP contribution in [0.25, 0.3) is 0 Å². The van der Waals surface area contributed by atoms with Crippen LogP contribution in [-0.4, -0.2) is 16.9 Å². The molecule has 0 aliphatic carbocycles. The summed E-state index contributed by atoms with van der Waals surface area (Å²) in [4.78, 5) is 5.33. The van der Waals surface area contributed by atoms with Crippen molar-refractivity contribution in [3.63, 3.8) is 0 Å². The summed E-state index contributed by atoms with van der Waals surface area (Å²) >= 11 is 0. The Morgan fingerprint density at radius 2 is 2.44 bits per heavy atom. The maximum Gasteiger partial charge on any atom is 0.255 e. The van der Waals surface area contributed by atoms with Crippen LogP contribution in [0, 0.1) is 0 Å². The van der Waals surface area contributed by atoms with E-state index >= 15 is 0 Å². The van der Waals surface area contributed by atoms with Crippen molar-refractivity contribution in [3.8, 4) is 0 Å². The Kier molecular flexibility index (Phi) is 1.33. The number of tetrazole rings is 1. The van der Waals surface area contributed by atoms with Crippen molar-refractivity contribution < 1.29 is 4.80 Å². The number of aromatic nitrogens is 4. The Morgan fingerprint density at radius 3 is 2.67 bits per heavy atom. The van der Waals surface area contributed by atoms with Gasteiger partial charge in [-0.1, -0.05) is 0 Å². The summed E-state index contributed by atoms with van der Waals surface area (Å²) < 4.78 is 1.61. The first-order valence-corrected chi connectivity index (χ1v) is 2.61. The zero-order chi connectivity index (χ0) is 6.85. The van der Waals surface area contributed by atoms with Gasteiger partial charge in [0.25, 0.3) is 5.62 Å². The van der Waals surface area contributed by atoms with E-state index in [1.165, 1.54) is 4.80 Å². The lowest BCUT2D eigenvalue weighted by Crippen LogP contribution is -2.37.